The number of ether oxygens (including phenoxy) is 2. The molecule has 2 aromatic carbocycles. The predicted octanol–water partition coefficient (Wildman–Crippen LogP) is 5.06. The van der Waals surface area contributed by atoms with Gasteiger partial charge >= 0.3 is 0 Å². The predicted molar refractivity (Wildman–Crippen MR) is 137 cm³/mol. The van der Waals surface area contributed by atoms with Gasteiger partial charge in [0, 0.05) is 43.7 Å². The van der Waals surface area contributed by atoms with Crippen molar-refractivity contribution in [2.24, 2.45) is 5.92 Å². The highest BCUT2D eigenvalue weighted by molar-refractivity contribution is 6.36. The Morgan fingerprint density at radius 3 is 2.49 bits per heavy atom. The van der Waals surface area contributed by atoms with Crippen molar-refractivity contribution < 1.29 is 9.47 Å². The summed E-state index contributed by atoms with van der Waals surface area (Å²) in [5, 5.41) is 17.9. The summed E-state index contributed by atoms with van der Waals surface area (Å²) in [7, 11) is 0. The molecule has 182 valence electrons. The van der Waals surface area contributed by atoms with Crippen LogP contribution in [-0.4, -0.2) is 55.9 Å². The second-order valence-corrected chi connectivity index (χ2v) is 10.2. The molecule has 7 nitrogen and oxygen atoms in total. The van der Waals surface area contributed by atoms with Gasteiger partial charge in [0.05, 0.1) is 34.8 Å². The minimum Gasteiger partial charge on any atom is -0.372 e. The largest absolute Gasteiger partial charge is 0.372 e. The Morgan fingerprint density at radius 2 is 1.74 bits per heavy atom. The van der Waals surface area contributed by atoms with E-state index in [-0.39, 0.29) is 6.29 Å². The van der Waals surface area contributed by atoms with Crippen molar-refractivity contribution in [2.75, 3.05) is 49.2 Å². The van der Waals surface area contributed by atoms with Crippen LogP contribution in [0.3, 0.4) is 0 Å². The van der Waals surface area contributed by atoms with Gasteiger partial charge in [-0.2, -0.15) is 10.4 Å². The summed E-state index contributed by atoms with van der Waals surface area (Å²) in [5.74, 6) is 0.976. The van der Waals surface area contributed by atoms with Crippen LogP contribution in [0.2, 0.25) is 5.02 Å². The van der Waals surface area contributed by atoms with E-state index in [1.165, 1.54) is 17.7 Å². The SMILES string of the molecule is N#Cc1n[nH]c2c(N3CCC[C@@H](c4ccc(N5CCC(C6OCCO6)CC5)cc4)C3)ccc(Cl)c12. The number of H-pyrrole nitrogens is 1. The number of nitriles is 1. The molecule has 1 N–H and O–H groups in total. The number of hydrogen-bond donors (Lipinski definition) is 1. The molecule has 0 saturated carbocycles. The maximum Gasteiger partial charge on any atom is 0.171 e. The zero-order valence-electron chi connectivity index (χ0n) is 19.8. The number of piperidine rings is 2. The Kier molecular flexibility index (Phi) is 6.28. The number of halogens is 1. The molecule has 0 amide bonds. The molecule has 0 unspecified atom stereocenters. The fraction of sp³-hybridized carbons (Fsp3) is 0.481. The van der Waals surface area contributed by atoms with E-state index in [1.54, 1.807) is 0 Å². The van der Waals surface area contributed by atoms with E-state index in [9.17, 15) is 5.26 Å². The number of aromatic nitrogens is 2. The maximum absolute atomic E-state index is 9.40. The first-order chi connectivity index (χ1) is 17.2. The zero-order valence-corrected chi connectivity index (χ0v) is 20.5. The summed E-state index contributed by atoms with van der Waals surface area (Å²) in [4.78, 5) is 4.88. The lowest BCUT2D eigenvalue weighted by Crippen LogP contribution is -2.38. The van der Waals surface area contributed by atoms with Crippen LogP contribution in [0.25, 0.3) is 10.9 Å². The van der Waals surface area contributed by atoms with Gasteiger partial charge in [-0.05, 0) is 55.5 Å². The first-order valence-corrected chi connectivity index (χ1v) is 13.0. The summed E-state index contributed by atoms with van der Waals surface area (Å²) >= 11 is 6.39. The topological polar surface area (TPSA) is 77.4 Å². The van der Waals surface area contributed by atoms with Crippen LogP contribution < -0.4 is 9.80 Å². The van der Waals surface area contributed by atoms with Crippen molar-refractivity contribution in [3.05, 3.63) is 52.7 Å². The molecule has 0 spiro atoms. The van der Waals surface area contributed by atoms with Gasteiger partial charge in [0.25, 0.3) is 0 Å². The Balaban J connectivity index is 1.14. The number of benzene rings is 2. The molecule has 6 rings (SSSR count). The highest BCUT2D eigenvalue weighted by Gasteiger charge is 2.31. The van der Waals surface area contributed by atoms with E-state index in [2.05, 4.69) is 50.3 Å². The van der Waals surface area contributed by atoms with Gasteiger partial charge in [0.1, 0.15) is 6.07 Å². The second kappa shape index (κ2) is 9.69. The average Bonchev–Trinajstić information content (AvgIpc) is 3.60. The van der Waals surface area contributed by atoms with Crippen LogP contribution in [0.1, 0.15) is 42.9 Å². The molecule has 0 aliphatic carbocycles. The number of aromatic amines is 1. The third-order valence-electron chi connectivity index (χ3n) is 7.82. The van der Waals surface area contributed by atoms with Crippen molar-refractivity contribution in [3.8, 4) is 6.07 Å². The van der Waals surface area contributed by atoms with Crippen LogP contribution in [0.15, 0.2) is 36.4 Å². The Labute approximate surface area is 210 Å². The zero-order chi connectivity index (χ0) is 23.8. The summed E-state index contributed by atoms with van der Waals surface area (Å²) < 4.78 is 11.4. The van der Waals surface area contributed by atoms with Crippen molar-refractivity contribution in [1.82, 2.24) is 10.2 Å². The van der Waals surface area contributed by atoms with Gasteiger partial charge in [-0.1, -0.05) is 23.7 Å². The molecule has 3 aromatic rings. The highest BCUT2D eigenvalue weighted by Crippen LogP contribution is 2.37. The Morgan fingerprint density at radius 1 is 0.971 bits per heavy atom. The molecule has 8 heteroatoms. The van der Waals surface area contributed by atoms with Gasteiger partial charge in [0.2, 0.25) is 0 Å². The van der Waals surface area contributed by atoms with Crippen molar-refractivity contribution in [1.29, 1.82) is 5.26 Å². The maximum atomic E-state index is 9.40. The van der Waals surface area contributed by atoms with Crippen LogP contribution in [0.4, 0.5) is 11.4 Å². The number of fused-ring (bicyclic) bond motifs is 1. The van der Waals surface area contributed by atoms with Gasteiger partial charge in [-0.25, -0.2) is 0 Å². The molecular formula is C27H30ClN5O2. The quantitative estimate of drug-likeness (QED) is 0.549. The Bertz CT molecular complexity index is 1220. The normalized spacial score (nSPS) is 22.1. The van der Waals surface area contributed by atoms with Crippen LogP contribution in [0, 0.1) is 17.2 Å². The van der Waals surface area contributed by atoms with E-state index in [0.29, 0.717) is 27.9 Å². The van der Waals surface area contributed by atoms with Crippen LogP contribution in [0.5, 0.6) is 0 Å². The number of nitrogens with zero attached hydrogens (tertiary/aromatic N) is 4. The molecule has 3 aliphatic heterocycles. The van der Waals surface area contributed by atoms with E-state index in [0.717, 1.165) is 69.9 Å². The molecule has 3 fully saturated rings. The lowest BCUT2D eigenvalue weighted by atomic mass is 9.89. The van der Waals surface area contributed by atoms with Crippen LogP contribution in [-0.2, 0) is 9.47 Å². The van der Waals surface area contributed by atoms with Crippen molar-refractivity contribution in [2.45, 2.75) is 37.9 Å². The summed E-state index contributed by atoms with van der Waals surface area (Å²) in [6, 6.07) is 15.2. The van der Waals surface area contributed by atoms with E-state index in [1.807, 2.05) is 12.1 Å². The van der Waals surface area contributed by atoms with E-state index in [4.69, 9.17) is 21.1 Å². The van der Waals surface area contributed by atoms with Crippen LogP contribution >= 0.6 is 11.6 Å². The molecule has 0 radical (unpaired) electrons. The molecule has 1 aromatic heterocycles. The van der Waals surface area contributed by atoms with Gasteiger partial charge in [0.15, 0.2) is 12.0 Å². The average molecular weight is 492 g/mol. The van der Waals surface area contributed by atoms with Gasteiger partial charge in [-0.15, -0.1) is 0 Å². The number of anilines is 2. The van der Waals surface area contributed by atoms with E-state index < -0.39 is 0 Å². The smallest absolute Gasteiger partial charge is 0.171 e. The summed E-state index contributed by atoms with van der Waals surface area (Å²) in [6.45, 7) is 5.48. The first kappa shape index (κ1) is 22.7. The van der Waals surface area contributed by atoms with Crippen molar-refractivity contribution in [3.63, 3.8) is 0 Å². The minimum atomic E-state index is 0.00361. The fourth-order valence-electron chi connectivity index (χ4n) is 5.93. The highest BCUT2D eigenvalue weighted by atomic mass is 35.5. The standard InChI is InChI=1S/C27H30ClN5O2/c28-22-7-8-24(26-25(22)23(16-29)30-31-26)33-11-1-2-20(17-33)18-3-5-21(6-4-18)32-12-9-19(10-13-32)27-34-14-15-35-27/h3-8,19-20,27H,1-2,9-15,17H2,(H,30,31)/t20-/m1/s1. The molecule has 0 bridgehead atoms. The lowest BCUT2D eigenvalue weighted by molar-refractivity contribution is -0.0889. The molecule has 35 heavy (non-hydrogen) atoms. The Hall–Kier alpha value is -2.79. The fourth-order valence-corrected chi connectivity index (χ4v) is 6.17. The molecule has 3 aliphatic rings. The minimum absolute atomic E-state index is 0.00361. The number of nitrogens with one attached hydrogen (secondary N) is 1. The first-order valence-electron chi connectivity index (χ1n) is 12.6. The number of hydrogen-bond acceptors (Lipinski definition) is 6. The van der Waals surface area contributed by atoms with Crippen molar-refractivity contribution >= 4 is 33.9 Å². The molecule has 4 heterocycles. The summed E-state index contributed by atoms with van der Waals surface area (Å²) in [6.07, 6.45) is 4.52. The van der Waals surface area contributed by atoms with E-state index >= 15 is 0 Å². The molecule has 3 saturated heterocycles. The lowest BCUT2D eigenvalue weighted by Gasteiger charge is -2.36. The molecule has 1 atom stereocenters. The van der Waals surface area contributed by atoms with Gasteiger partial charge in [-0.3, -0.25) is 5.10 Å². The second-order valence-electron chi connectivity index (χ2n) is 9.81. The monoisotopic (exact) mass is 491 g/mol. The molecular weight excluding hydrogens is 462 g/mol. The third-order valence-corrected chi connectivity index (χ3v) is 8.13. The third kappa shape index (κ3) is 4.35. The summed E-state index contributed by atoms with van der Waals surface area (Å²) in [5.41, 5.74) is 4.95. The number of rotatable bonds is 4. The van der Waals surface area contributed by atoms with Gasteiger partial charge < -0.3 is 19.3 Å².